The summed E-state index contributed by atoms with van der Waals surface area (Å²) in [5, 5.41) is 0.794. The van der Waals surface area contributed by atoms with Crippen LogP contribution in [-0.2, 0) is 11.4 Å². The molecule has 0 aliphatic carbocycles. The number of nitrogens with zero attached hydrogens (tertiary/aromatic N) is 1. The van der Waals surface area contributed by atoms with Gasteiger partial charge in [-0.25, -0.2) is 0 Å². The molecular formula is C20H16Cl2INO4S. The number of rotatable bonds is 6. The van der Waals surface area contributed by atoms with Crippen LogP contribution >= 0.6 is 57.6 Å². The lowest BCUT2D eigenvalue weighted by atomic mass is 10.1. The number of imide groups is 1. The smallest absolute Gasteiger partial charge is 0.293 e. The molecule has 29 heavy (non-hydrogen) atoms. The number of amides is 2. The third-order valence-corrected chi connectivity index (χ3v) is 6.35. The molecule has 2 amide bonds. The van der Waals surface area contributed by atoms with E-state index in [1.807, 2.05) is 19.1 Å². The lowest BCUT2D eigenvalue weighted by Gasteiger charge is -2.15. The van der Waals surface area contributed by atoms with Crippen LogP contribution in [-0.4, -0.2) is 29.7 Å². The minimum atomic E-state index is -0.314. The van der Waals surface area contributed by atoms with Crippen LogP contribution in [0.25, 0.3) is 6.08 Å². The van der Waals surface area contributed by atoms with Crippen molar-refractivity contribution in [2.24, 2.45) is 0 Å². The topological polar surface area (TPSA) is 55.8 Å². The Balaban J connectivity index is 1.88. The van der Waals surface area contributed by atoms with Gasteiger partial charge in [-0.2, -0.15) is 0 Å². The largest absolute Gasteiger partial charge is 0.490 e. The summed E-state index contributed by atoms with van der Waals surface area (Å²) in [7, 11) is 1.46. The van der Waals surface area contributed by atoms with Crippen molar-refractivity contribution in [1.29, 1.82) is 0 Å². The fraction of sp³-hybridized carbons (Fsp3) is 0.200. The van der Waals surface area contributed by atoms with E-state index in [4.69, 9.17) is 32.7 Å². The van der Waals surface area contributed by atoms with Crippen LogP contribution in [0, 0.1) is 3.57 Å². The molecule has 0 N–H and O–H groups in total. The molecule has 1 fully saturated rings. The number of likely N-dealkylation sites (N-methyl/N-ethyl adjacent to an activating group) is 1. The Morgan fingerprint density at radius 3 is 2.55 bits per heavy atom. The fourth-order valence-corrected chi connectivity index (χ4v) is 4.63. The number of ether oxygens (including phenoxy) is 2. The van der Waals surface area contributed by atoms with E-state index in [1.54, 1.807) is 24.3 Å². The molecule has 0 unspecified atom stereocenters. The summed E-state index contributed by atoms with van der Waals surface area (Å²) in [5.41, 5.74) is 1.55. The number of thioether (sulfide) groups is 1. The summed E-state index contributed by atoms with van der Waals surface area (Å²) in [4.78, 5) is 25.3. The van der Waals surface area contributed by atoms with Crippen LogP contribution in [0.1, 0.15) is 18.1 Å². The zero-order chi connectivity index (χ0) is 21.1. The van der Waals surface area contributed by atoms with Crippen molar-refractivity contribution in [3.63, 3.8) is 0 Å². The molecule has 1 heterocycles. The second-order valence-electron chi connectivity index (χ2n) is 6.03. The lowest BCUT2D eigenvalue weighted by molar-refractivity contribution is -0.121. The van der Waals surface area contributed by atoms with Crippen LogP contribution < -0.4 is 9.47 Å². The third kappa shape index (κ3) is 5.20. The summed E-state index contributed by atoms with van der Waals surface area (Å²) >= 11 is 15.2. The molecule has 1 aliphatic heterocycles. The van der Waals surface area contributed by atoms with E-state index in [0.717, 1.165) is 31.4 Å². The summed E-state index contributed by atoms with van der Waals surface area (Å²) in [6.07, 6.45) is 1.68. The van der Waals surface area contributed by atoms with Crippen molar-refractivity contribution < 1.29 is 19.1 Å². The van der Waals surface area contributed by atoms with Crippen molar-refractivity contribution in [1.82, 2.24) is 4.90 Å². The normalized spacial score (nSPS) is 15.3. The highest BCUT2D eigenvalue weighted by atomic mass is 127. The Hall–Kier alpha value is -1.42. The fourth-order valence-electron chi connectivity index (χ4n) is 2.56. The van der Waals surface area contributed by atoms with Gasteiger partial charge in [0.25, 0.3) is 11.1 Å². The average Bonchev–Trinajstić information content (AvgIpc) is 2.89. The molecule has 0 saturated carbocycles. The van der Waals surface area contributed by atoms with Gasteiger partial charge in [0, 0.05) is 22.7 Å². The highest BCUT2D eigenvalue weighted by Crippen LogP contribution is 2.38. The van der Waals surface area contributed by atoms with Gasteiger partial charge in [0.2, 0.25) is 0 Å². The third-order valence-electron chi connectivity index (χ3n) is 4.00. The number of hydrogen-bond donors (Lipinski definition) is 0. The number of benzene rings is 2. The van der Waals surface area contributed by atoms with Gasteiger partial charge in [0.15, 0.2) is 11.5 Å². The molecule has 0 bridgehead atoms. The van der Waals surface area contributed by atoms with E-state index >= 15 is 0 Å². The lowest BCUT2D eigenvalue weighted by Crippen LogP contribution is -2.22. The first-order chi connectivity index (χ1) is 13.8. The van der Waals surface area contributed by atoms with Crippen molar-refractivity contribution in [2.75, 3.05) is 13.7 Å². The van der Waals surface area contributed by atoms with Gasteiger partial charge >= 0.3 is 0 Å². The maximum absolute atomic E-state index is 12.1. The first-order valence-electron chi connectivity index (χ1n) is 8.54. The summed E-state index contributed by atoms with van der Waals surface area (Å²) in [6, 6.07) is 8.89. The summed E-state index contributed by atoms with van der Waals surface area (Å²) < 4.78 is 12.5. The predicted molar refractivity (Wildman–Crippen MR) is 125 cm³/mol. The molecule has 9 heteroatoms. The van der Waals surface area contributed by atoms with Gasteiger partial charge in [-0.1, -0.05) is 29.3 Å². The van der Waals surface area contributed by atoms with Crippen molar-refractivity contribution >= 4 is 74.8 Å². The standard InChI is InChI=1S/C20H16Cl2INO4S/c1-3-27-16-7-11(8-17-19(25)24(2)20(26)29-17)6-15(23)18(16)28-10-12-4-5-13(21)9-14(12)22/h4-9H,3,10H2,1-2H3/b17-8-. The summed E-state index contributed by atoms with van der Waals surface area (Å²) in [6.45, 7) is 2.57. The summed E-state index contributed by atoms with van der Waals surface area (Å²) in [5.74, 6) is 0.816. The monoisotopic (exact) mass is 563 g/mol. The molecule has 0 spiro atoms. The minimum absolute atomic E-state index is 0.250. The first-order valence-corrected chi connectivity index (χ1v) is 11.2. The second-order valence-corrected chi connectivity index (χ2v) is 9.03. The van der Waals surface area contributed by atoms with E-state index in [-0.39, 0.29) is 17.8 Å². The Morgan fingerprint density at radius 1 is 1.17 bits per heavy atom. The molecule has 2 aromatic rings. The molecule has 5 nitrogen and oxygen atoms in total. The molecule has 2 aromatic carbocycles. The highest BCUT2D eigenvalue weighted by Gasteiger charge is 2.31. The molecule has 152 valence electrons. The van der Waals surface area contributed by atoms with Gasteiger partial charge in [-0.05, 0) is 77.2 Å². The highest BCUT2D eigenvalue weighted by molar-refractivity contribution is 14.1. The molecule has 0 aromatic heterocycles. The number of carbonyl (C=O) groups is 2. The van der Waals surface area contributed by atoms with Crippen molar-refractivity contribution in [3.05, 3.63) is 60.0 Å². The molecule has 1 saturated heterocycles. The van der Waals surface area contributed by atoms with Crippen molar-refractivity contribution in [2.45, 2.75) is 13.5 Å². The van der Waals surface area contributed by atoms with Gasteiger partial charge in [-0.3, -0.25) is 14.5 Å². The van der Waals surface area contributed by atoms with Crippen LogP contribution in [0.2, 0.25) is 10.0 Å². The van der Waals surface area contributed by atoms with Crippen LogP contribution in [0.5, 0.6) is 11.5 Å². The average molecular weight is 564 g/mol. The number of hydrogen-bond acceptors (Lipinski definition) is 5. The van der Waals surface area contributed by atoms with Gasteiger partial charge in [-0.15, -0.1) is 0 Å². The molecule has 3 rings (SSSR count). The van der Waals surface area contributed by atoms with Crippen molar-refractivity contribution in [3.8, 4) is 11.5 Å². The van der Waals surface area contributed by atoms with E-state index in [1.165, 1.54) is 7.05 Å². The molecule has 1 aliphatic rings. The Kier molecular flexibility index (Phi) is 7.37. The van der Waals surface area contributed by atoms with Crippen LogP contribution in [0.3, 0.4) is 0 Å². The van der Waals surface area contributed by atoms with E-state index in [0.29, 0.717) is 33.1 Å². The maximum atomic E-state index is 12.1. The Morgan fingerprint density at radius 2 is 1.93 bits per heavy atom. The van der Waals surface area contributed by atoms with E-state index in [9.17, 15) is 9.59 Å². The zero-order valence-electron chi connectivity index (χ0n) is 15.5. The van der Waals surface area contributed by atoms with Crippen LogP contribution in [0.15, 0.2) is 35.2 Å². The molecule has 0 atom stereocenters. The SMILES string of the molecule is CCOc1cc(/C=C2\SC(=O)N(C)C2=O)cc(I)c1OCc1ccc(Cl)cc1Cl. The maximum Gasteiger partial charge on any atom is 0.293 e. The second kappa shape index (κ2) is 9.59. The van der Waals surface area contributed by atoms with E-state index < -0.39 is 0 Å². The van der Waals surface area contributed by atoms with Gasteiger partial charge in [0.05, 0.1) is 15.1 Å². The van der Waals surface area contributed by atoms with Crippen LogP contribution in [0.4, 0.5) is 4.79 Å². The Labute approximate surface area is 196 Å². The minimum Gasteiger partial charge on any atom is -0.490 e. The quantitative estimate of drug-likeness (QED) is 0.307. The zero-order valence-corrected chi connectivity index (χ0v) is 20.0. The molecular weight excluding hydrogens is 548 g/mol. The number of halogens is 3. The predicted octanol–water partition coefficient (Wildman–Crippen LogP) is 6.24. The number of carbonyl (C=O) groups excluding carboxylic acids is 2. The molecule has 0 radical (unpaired) electrons. The van der Waals surface area contributed by atoms with Gasteiger partial charge in [0.1, 0.15) is 6.61 Å². The van der Waals surface area contributed by atoms with E-state index in [2.05, 4.69) is 22.6 Å². The first kappa shape index (κ1) is 22.3. The Bertz CT molecular complexity index is 1010. The van der Waals surface area contributed by atoms with Gasteiger partial charge < -0.3 is 9.47 Å².